The third-order valence-electron chi connectivity index (χ3n) is 5.17. The Hall–Kier alpha value is -1.65. The summed E-state index contributed by atoms with van der Waals surface area (Å²) in [6, 6.07) is 3.90. The van der Waals surface area contributed by atoms with Crippen LogP contribution < -0.4 is 0 Å². The average Bonchev–Trinajstić information content (AvgIpc) is 3.03. The summed E-state index contributed by atoms with van der Waals surface area (Å²) in [5.74, 6) is -1.84. The van der Waals surface area contributed by atoms with E-state index in [0.29, 0.717) is 11.3 Å². The number of sulfone groups is 1. The van der Waals surface area contributed by atoms with Crippen molar-refractivity contribution in [3.05, 3.63) is 46.1 Å². The molecule has 1 atom stereocenters. The van der Waals surface area contributed by atoms with Crippen LogP contribution in [-0.2, 0) is 14.6 Å². The monoisotopic (exact) mass is 468 g/mol. The van der Waals surface area contributed by atoms with E-state index in [9.17, 15) is 26.0 Å². The Morgan fingerprint density at radius 3 is 2.37 bits per heavy atom. The molecule has 0 aliphatic heterocycles. The molecule has 0 amide bonds. The summed E-state index contributed by atoms with van der Waals surface area (Å²) in [7, 11) is -3.61. The number of H-pyrrole nitrogens is 1. The van der Waals surface area contributed by atoms with Crippen LogP contribution >= 0.6 is 11.6 Å². The highest BCUT2D eigenvalue weighted by molar-refractivity contribution is 7.90. The van der Waals surface area contributed by atoms with Gasteiger partial charge < -0.3 is 9.72 Å². The molecule has 0 saturated heterocycles. The van der Waals surface area contributed by atoms with E-state index in [4.69, 9.17) is 16.3 Å². The average molecular weight is 469 g/mol. The molecule has 1 aliphatic rings. The van der Waals surface area contributed by atoms with Crippen molar-refractivity contribution in [2.24, 2.45) is 5.92 Å². The maximum atomic E-state index is 13.6. The number of aryl methyl sites for hydroxylation is 1. The minimum absolute atomic E-state index is 0.0587. The largest absolute Gasteiger partial charge is 0.391 e. The van der Waals surface area contributed by atoms with Crippen LogP contribution in [0.4, 0.5) is 17.6 Å². The predicted molar refractivity (Wildman–Crippen MR) is 103 cm³/mol. The number of halogens is 5. The Balaban J connectivity index is 1.91. The number of imidazole rings is 1. The highest BCUT2D eigenvalue weighted by Gasteiger charge is 2.42. The minimum atomic E-state index is -4.24. The predicted octanol–water partition coefficient (Wildman–Crippen LogP) is 5.14. The van der Waals surface area contributed by atoms with Crippen molar-refractivity contribution in [2.75, 3.05) is 6.26 Å². The van der Waals surface area contributed by atoms with E-state index in [1.54, 1.807) is 0 Å². The van der Waals surface area contributed by atoms with Gasteiger partial charge in [0.25, 0.3) is 0 Å². The van der Waals surface area contributed by atoms with Crippen LogP contribution in [0.5, 0.6) is 0 Å². The first-order valence-corrected chi connectivity index (χ1v) is 11.6. The Labute approximate surface area is 176 Å². The molecule has 1 saturated carbocycles. The van der Waals surface area contributed by atoms with Crippen molar-refractivity contribution >= 4 is 21.4 Å². The van der Waals surface area contributed by atoms with Gasteiger partial charge in [0.1, 0.15) is 17.7 Å². The molecule has 0 bridgehead atoms. The van der Waals surface area contributed by atoms with Crippen LogP contribution in [-0.4, -0.2) is 36.9 Å². The van der Waals surface area contributed by atoms with Gasteiger partial charge in [-0.25, -0.2) is 17.8 Å². The van der Waals surface area contributed by atoms with Gasteiger partial charge in [-0.05, 0) is 50.3 Å². The summed E-state index contributed by atoms with van der Waals surface area (Å²) in [6.07, 6.45) is -4.40. The number of ether oxygens (including phenoxy) is 1. The van der Waals surface area contributed by atoms with Crippen LogP contribution in [0.2, 0.25) is 5.02 Å². The Morgan fingerprint density at radius 1 is 1.23 bits per heavy atom. The summed E-state index contributed by atoms with van der Waals surface area (Å²) in [5.41, 5.74) is 0.711. The third kappa shape index (κ3) is 5.15. The first kappa shape index (κ1) is 23.0. The van der Waals surface area contributed by atoms with Crippen LogP contribution in [0.1, 0.15) is 48.9 Å². The van der Waals surface area contributed by atoms with Crippen LogP contribution in [0.3, 0.4) is 0 Å². The highest BCUT2D eigenvalue weighted by atomic mass is 35.5. The van der Waals surface area contributed by atoms with Crippen molar-refractivity contribution < 1.29 is 30.7 Å². The number of alkyl halides is 3. The number of aromatic amines is 1. The second-order valence-corrected chi connectivity index (χ2v) is 9.87. The van der Waals surface area contributed by atoms with Crippen molar-refractivity contribution in [1.82, 2.24) is 9.97 Å². The summed E-state index contributed by atoms with van der Waals surface area (Å²) in [4.78, 5) is 7.02. The molecule has 2 aromatic rings. The first-order chi connectivity index (χ1) is 13.9. The van der Waals surface area contributed by atoms with Gasteiger partial charge in [0.15, 0.2) is 14.9 Å². The topological polar surface area (TPSA) is 72.0 Å². The number of aromatic nitrogens is 2. The van der Waals surface area contributed by atoms with Gasteiger partial charge in [-0.1, -0.05) is 17.7 Å². The zero-order valence-corrected chi connectivity index (χ0v) is 17.8. The van der Waals surface area contributed by atoms with Crippen molar-refractivity contribution in [3.8, 4) is 0 Å². The molecule has 30 heavy (non-hydrogen) atoms. The van der Waals surface area contributed by atoms with Gasteiger partial charge in [-0.15, -0.1) is 0 Å². The van der Waals surface area contributed by atoms with Gasteiger partial charge in [-0.2, -0.15) is 13.2 Å². The fourth-order valence-corrected chi connectivity index (χ4v) is 4.71. The number of hydrogen-bond acceptors (Lipinski definition) is 4. The fraction of sp³-hybridized carbons (Fsp3) is 0.526. The van der Waals surface area contributed by atoms with Crippen LogP contribution in [0.15, 0.2) is 23.2 Å². The lowest BCUT2D eigenvalue weighted by Gasteiger charge is -2.32. The summed E-state index contributed by atoms with van der Waals surface area (Å²) in [5, 5.41) is -0.311. The summed E-state index contributed by atoms with van der Waals surface area (Å²) in [6.45, 7) is 1.54. The lowest BCUT2D eigenvalue weighted by Crippen LogP contribution is -2.31. The lowest BCUT2D eigenvalue weighted by molar-refractivity contribution is -0.188. The number of hydrogen-bond donors (Lipinski definition) is 1. The molecule has 11 heteroatoms. The Bertz CT molecular complexity index is 1020. The molecule has 1 unspecified atom stereocenters. The SMILES string of the molecule is Cc1[nH]c(C(OC2CCC(C(F)(F)F)CC2)c2ccc(F)c(Cl)c2)nc1S(C)(=O)=O. The molecular weight excluding hydrogens is 448 g/mol. The molecule has 3 rings (SSSR count). The second-order valence-electron chi connectivity index (χ2n) is 7.53. The summed E-state index contributed by atoms with van der Waals surface area (Å²) >= 11 is 5.88. The molecule has 0 radical (unpaired) electrons. The van der Waals surface area contributed by atoms with E-state index in [2.05, 4.69) is 9.97 Å². The minimum Gasteiger partial charge on any atom is -0.362 e. The maximum Gasteiger partial charge on any atom is 0.391 e. The Morgan fingerprint density at radius 2 is 1.87 bits per heavy atom. The van der Waals surface area contributed by atoms with Crippen LogP contribution in [0.25, 0.3) is 0 Å². The number of rotatable bonds is 5. The molecule has 0 spiro atoms. The zero-order valence-electron chi connectivity index (χ0n) is 16.3. The van der Waals surface area contributed by atoms with E-state index in [1.165, 1.54) is 19.1 Å². The molecule has 166 valence electrons. The number of nitrogens with one attached hydrogen (secondary N) is 1. The zero-order chi connectivity index (χ0) is 22.3. The number of benzene rings is 1. The Kier molecular flexibility index (Phi) is 6.50. The first-order valence-electron chi connectivity index (χ1n) is 9.30. The van der Waals surface area contributed by atoms with E-state index < -0.39 is 40.0 Å². The van der Waals surface area contributed by atoms with Crippen LogP contribution in [0, 0.1) is 18.7 Å². The van der Waals surface area contributed by atoms with Gasteiger partial charge in [0.05, 0.1) is 22.7 Å². The number of nitrogens with zero attached hydrogens (tertiary/aromatic N) is 1. The van der Waals surface area contributed by atoms with Gasteiger partial charge >= 0.3 is 6.18 Å². The standard InChI is InChI=1S/C19H21ClF4N2O3S/c1-10-18(30(2,27)28)26-17(25-10)16(11-3-8-15(21)14(20)9-11)29-13-6-4-12(5-7-13)19(22,23)24/h3,8-9,12-13,16H,4-7H2,1-2H3,(H,25,26). The molecule has 1 aliphatic carbocycles. The molecule has 1 N–H and O–H groups in total. The molecule has 1 aromatic carbocycles. The van der Waals surface area contributed by atoms with Gasteiger partial charge in [-0.3, -0.25) is 0 Å². The van der Waals surface area contributed by atoms with E-state index in [-0.39, 0.29) is 41.6 Å². The lowest BCUT2D eigenvalue weighted by atomic mass is 9.87. The van der Waals surface area contributed by atoms with Crippen molar-refractivity contribution in [2.45, 2.75) is 56.0 Å². The fourth-order valence-electron chi connectivity index (χ4n) is 3.65. The van der Waals surface area contributed by atoms with E-state index >= 15 is 0 Å². The second kappa shape index (κ2) is 8.47. The summed E-state index contributed by atoms with van der Waals surface area (Å²) < 4.78 is 82.4. The van der Waals surface area contributed by atoms with Crippen molar-refractivity contribution in [3.63, 3.8) is 0 Å². The van der Waals surface area contributed by atoms with E-state index in [1.807, 2.05) is 0 Å². The molecule has 1 aromatic heterocycles. The molecule has 1 heterocycles. The highest BCUT2D eigenvalue weighted by Crippen LogP contribution is 2.40. The van der Waals surface area contributed by atoms with Gasteiger partial charge in [0, 0.05) is 6.26 Å². The maximum absolute atomic E-state index is 13.6. The molecule has 1 fully saturated rings. The third-order valence-corrected chi connectivity index (χ3v) is 6.56. The quantitative estimate of drug-likeness (QED) is 0.617. The van der Waals surface area contributed by atoms with Gasteiger partial charge in [0.2, 0.25) is 0 Å². The van der Waals surface area contributed by atoms with Crippen molar-refractivity contribution in [1.29, 1.82) is 0 Å². The van der Waals surface area contributed by atoms with E-state index in [0.717, 1.165) is 12.3 Å². The normalized spacial score (nSPS) is 21.6. The molecule has 5 nitrogen and oxygen atoms in total. The smallest absolute Gasteiger partial charge is 0.362 e. The molecular formula is C19H21ClF4N2O3S.